The van der Waals surface area contributed by atoms with Crippen LogP contribution in [0, 0.1) is 29.9 Å². The number of benzene rings is 1. The fourth-order valence-corrected chi connectivity index (χ4v) is 3.46. The molecular weight excluding hydrogens is 376 g/mol. The Morgan fingerprint density at radius 1 is 1.42 bits per heavy atom. The van der Waals surface area contributed by atoms with Crippen LogP contribution in [-0.2, 0) is 11.3 Å². The van der Waals surface area contributed by atoms with Gasteiger partial charge in [0, 0.05) is 24.0 Å². The third-order valence-electron chi connectivity index (χ3n) is 3.73. The smallest absolute Gasteiger partial charge is 0.289 e. The Morgan fingerprint density at radius 2 is 2.12 bits per heavy atom. The number of nitro groups is 1. The van der Waals surface area contributed by atoms with E-state index in [-0.39, 0.29) is 22.4 Å². The molecule has 0 fully saturated rings. The van der Waals surface area contributed by atoms with E-state index in [4.69, 9.17) is 11.6 Å². The number of carbonyl (C=O) groups is 1. The molecule has 0 aliphatic rings. The topological polar surface area (TPSA) is 90.1 Å². The first-order valence-electron chi connectivity index (χ1n) is 8.09. The average Bonchev–Trinajstić information content (AvgIpc) is 2.82. The second-order valence-electron chi connectivity index (χ2n) is 6.33. The number of nitro benzene ring substituents is 1. The van der Waals surface area contributed by atoms with Crippen molar-refractivity contribution in [2.45, 2.75) is 39.4 Å². The van der Waals surface area contributed by atoms with Gasteiger partial charge in [-0.05, 0) is 31.9 Å². The van der Waals surface area contributed by atoms with Crippen LogP contribution in [0.3, 0.4) is 0 Å². The molecule has 1 aromatic heterocycles. The summed E-state index contributed by atoms with van der Waals surface area (Å²) in [6.07, 6.45) is 0. The third-order valence-corrected chi connectivity index (χ3v) is 5.03. The summed E-state index contributed by atoms with van der Waals surface area (Å²) in [7, 11) is 0. The van der Waals surface area contributed by atoms with Crippen molar-refractivity contribution in [3.8, 4) is 0 Å². The maximum atomic E-state index is 12.2. The standard InChI is InChI=1S/C17H21ClN4O3S/c1-10(2)8-21-12(4)11(3)19-17(21)26-9-16(23)20-13-5-6-14(18)15(7-13)22(24)25/h5-7,10H,8-9H2,1-4H3,(H,20,23). The van der Waals surface area contributed by atoms with Crippen molar-refractivity contribution in [3.05, 3.63) is 44.7 Å². The maximum absolute atomic E-state index is 12.2. The number of amides is 1. The minimum atomic E-state index is -0.582. The molecule has 1 amide bonds. The fraction of sp³-hybridized carbons (Fsp3) is 0.412. The number of thioether (sulfide) groups is 1. The average molecular weight is 397 g/mol. The predicted octanol–water partition coefficient (Wildman–Crippen LogP) is 4.45. The van der Waals surface area contributed by atoms with Crippen LogP contribution in [0.4, 0.5) is 11.4 Å². The largest absolute Gasteiger partial charge is 0.325 e. The lowest BCUT2D eigenvalue weighted by atomic mass is 10.2. The van der Waals surface area contributed by atoms with E-state index in [1.807, 2.05) is 13.8 Å². The van der Waals surface area contributed by atoms with E-state index in [1.54, 1.807) is 0 Å². The van der Waals surface area contributed by atoms with Gasteiger partial charge in [0.2, 0.25) is 5.91 Å². The zero-order chi connectivity index (χ0) is 19.4. The second-order valence-corrected chi connectivity index (χ2v) is 7.68. The molecule has 1 aromatic carbocycles. The zero-order valence-corrected chi connectivity index (χ0v) is 16.6. The number of hydrogen-bond acceptors (Lipinski definition) is 5. The van der Waals surface area contributed by atoms with Gasteiger partial charge in [-0.1, -0.05) is 37.2 Å². The molecule has 0 radical (unpaired) electrons. The van der Waals surface area contributed by atoms with Gasteiger partial charge in [0.05, 0.1) is 16.4 Å². The normalized spacial score (nSPS) is 11.0. The molecule has 1 heterocycles. The molecule has 0 aliphatic carbocycles. The van der Waals surface area contributed by atoms with Crippen molar-refractivity contribution in [2.75, 3.05) is 11.1 Å². The van der Waals surface area contributed by atoms with E-state index in [0.717, 1.165) is 23.1 Å². The zero-order valence-electron chi connectivity index (χ0n) is 15.1. The summed E-state index contributed by atoms with van der Waals surface area (Å²) in [6, 6.07) is 4.18. The molecule has 0 saturated carbocycles. The predicted molar refractivity (Wildman–Crippen MR) is 104 cm³/mol. The highest BCUT2D eigenvalue weighted by atomic mass is 35.5. The highest BCUT2D eigenvalue weighted by molar-refractivity contribution is 7.99. The van der Waals surface area contributed by atoms with Crippen molar-refractivity contribution in [2.24, 2.45) is 5.92 Å². The van der Waals surface area contributed by atoms with Crippen LogP contribution < -0.4 is 5.32 Å². The first kappa shape index (κ1) is 20.3. The Morgan fingerprint density at radius 3 is 2.73 bits per heavy atom. The summed E-state index contributed by atoms with van der Waals surface area (Å²) in [6.45, 7) is 9.05. The Kier molecular flexibility index (Phi) is 6.66. The van der Waals surface area contributed by atoms with Gasteiger partial charge in [-0.2, -0.15) is 0 Å². The minimum absolute atomic E-state index is 0.0315. The molecule has 0 bridgehead atoms. The molecule has 0 saturated heterocycles. The van der Waals surface area contributed by atoms with Gasteiger partial charge in [0.25, 0.3) is 5.69 Å². The number of rotatable bonds is 7. The fourth-order valence-electron chi connectivity index (χ4n) is 2.37. The van der Waals surface area contributed by atoms with E-state index in [0.29, 0.717) is 11.6 Å². The first-order chi connectivity index (χ1) is 12.2. The molecule has 0 aliphatic heterocycles. The lowest BCUT2D eigenvalue weighted by Crippen LogP contribution is -2.15. The molecule has 2 aromatic rings. The lowest BCUT2D eigenvalue weighted by Gasteiger charge is -2.12. The summed E-state index contributed by atoms with van der Waals surface area (Å²) in [5, 5.41) is 14.4. The van der Waals surface area contributed by atoms with Crippen LogP contribution in [0.25, 0.3) is 0 Å². The van der Waals surface area contributed by atoms with Crippen LogP contribution in [0.5, 0.6) is 0 Å². The van der Waals surface area contributed by atoms with E-state index in [9.17, 15) is 14.9 Å². The third kappa shape index (κ3) is 4.98. The molecule has 26 heavy (non-hydrogen) atoms. The van der Waals surface area contributed by atoms with Crippen LogP contribution in [0.15, 0.2) is 23.4 Å². The highest BCUT2D eigenvalue weighted by Crippen LogP contribution is 2.28. The molecule has 7 nitrogen and oxygen atoms in total. The van der Waals surface area contributed by atoms with Gasteiger partial charge in [-0.25, -0.2) is 4.98 Å². The molecule has 0 unspecified atom stereocenters. The van der Waals surface area contributed by atoms with E-state index < -0.39 is 4.92 Å². The van der Waals surface area contributed by atoms with E-state index in [2.05, 4.69) is 28.7 Å². The molecule has 1 N–H and O–H groups in total. The summed E-state index contributed by atoms with van der Waals surface area (Å²) in [4.78, 5) is 27.1. The number of halogens is 1. The number of nitrogens with zero attached hydrogens (tertiary/aromatic N) is 3. The Hall–Kier alpha value is -2.06. The monoisotopic (exact) mass is 396 g/mol. The number of anilines is 1. The summed E-state index contributed by atoms with van der Waals surface area (Å²) in [5.41, 5.74) is 2.14. The molecule has 2 rings (SSSR count). The minimum Gasteiger partial charge on any atom is -0.325 e. The SMILES string of the molecule is Cc1nc(SCC(=O)Nc2ccc(Cl)c([N+](=O)[O-])c2)n(CC(C)C)c1C. The highest BCUT2D eigenvalue weighted by Gasteiger charge is 2.16. The summed E-state index contributed by atoms with van der Waals surface area (Å²) >= 11 is 7.12. The van der Waals surface area contributed by atoms with Gasteiger partial charge in [0.15, 0.2) is 5.16 Å². The van der Waals surface area contributed by atoms with Gasteiger partial charge >= 0.3 is 0 Å². The number of carbonyl (C=O) groups excluding carboxylic acids is 1. The number of hydrogen-bond donors (Lipinski definition) is 1. The lowest BCUT2D eigenvalue weighted by molar-refractivity contribution is -0.384. The van der Waals surface area contributed by atoms with E-state index >= 15 is 0 Å². The van der Waals surface area contributed by atoms with Crippen molar-refractivity contribution >= 4 is 40.6 Å². The maximum Gasteiger partial charge on any atom is 0.289 e. The number of aromatic nitrogens is 2. The molecule has 0 spiro atoms. The van der Waals surface area contributed by atoms with Crippen LogP contribution in [0.1, 0.15) is 25.2 Å². The van der Waals surface area contributed by atoms with E-state index in [1.165, 1.54) is 30.0 Å². The number of aryl methyl sites for hydroxylation is 1. The van der Waals surface area contributed by atoms with Crippen molar-refractivity contribution in [1.29, 1.82) is 0 Å². The molecule has 140 valence electrons. The molecular formula is C17H21ClN4O3S. The van der Waals surface area contributed by atoms with Crippen molar-refractivity contribution < 1.29 is 9.72 Å². The summed E-state index contributed by atoms with van der Waals surface area (Å²) < 4.78 is 2.12. The quantitative estimate of drug-likeness (QED) is 0.424. The van der Waals surface area contributed by atoms with Crippen LogP contribution >= 0.6 is 23.4 Å². The Balaban J connectivity index is 2.05. The van der Waals surface area contributed by atoms with Gasteiger partial charge < -0.3 is 9.88 Å². The Bertz CT molecular complexity index is 836. The van der Waals surface area contributed by atoms with Crippen LogP contribution in [0.2, 0.25) is 5.02 Å². The first-order valence-corrected chi connectivity index (χ1v) is 9.45. The number of nitrogens with one attached hydrogen (secondary N) is 1. The van der Waals surface area contributed by atoms with Crippen molar-refractivity contribution in [1.82, 2.24) is 9.55 Å². The van der Waals surface area contributed by atoms with Gasteiger partial charge in [0.1, 0.15) is 5.02 Å². The Labute approximate surface area is 161 Å². The van der Waals surface area contributed by atoms with Crippen molar-refractivity contribution in [3.63, 3.8) is 0 Å². The van der Waals surface area contributed by atoms with Crippen LogP contribution in [-0.4, -0.2) is 26.1 Å². The second kappa shape index (κ2) is 8.55. The van der Waals surface area contributed by atoms with Gasteiger partial charge in [-0.3, -0.25) is 14.9 Å². The summed E-state index contributed by atoms with van der Waals surface area (Å²) in [5.74, 6) is 0.357. The molecule has 0 atom stereocenters. The van der Waals surface area contributed by atoms with Gasteiger partial charge in [-0.15, -0.1) is 0 Å². The number of imidazole rings is 1. The molecule has 9 heteroatoms.